The van der Waals surface area contributed by atoms with E-state index in [0.717, 1.165) is 42.5 Å². The Morgan fingerprint density at radius 1 is 0.593 bits per heavy atom. The van der Waals surface area contributed by atoms with E-state index in [0.29, 0.717) is 5.56 Å². The zero-order valence-electron chi connectivity index (χ0n) is 13.4. The molecule has 0 aliphatic carbocycles. The van der Waals surface area contributed by atoms with E-state index in [1.165, 1.54) is 18.2 Å². The molecule has 1 aromatic heterocycles. The van der Waals surface area contributed by atoms with Crippen molar-refractivity contribution in [2.45, 2.75) is 12.4 Å². The fourth-order valence-corrected chi connectivity index (χ4v) is 2.51. The van der Waals surface area contributed by atoms with Crippen LogP contribution in [-0.4, -0.2) is 0 Å². The monoisotopic (exact) mass is 384 g/mol. The number of benzene rings is 2. The summed E-state index contributed by atoms with van der Waals surface area (Å²) in [5, 5.41) is 0. The first-order valence-electron chi connectivity index (χ1n) is 7.55. The van der Waals surface area contributed by atoms with Gasteiger partial charge in [0.05, 0.1) is 11.1 Å². The molecule has 0 saturated carbocycles. The highest BCUT2D eigenvalue weighted by Gasteiger charge is 2.31. The van der Waals surface area contributed by atoms with Gasteiger partial charge >= 0.3 is 18.0 Å². The van der Waals surface area contributed by atoms with Crippen LogP contribution < -0.4 is 5.63 Å². The molecule has 0 aliphatic heterocycles. The molecule has 0 spiro atoms. The summed E-state index contributed by atoms with van der Waals surface area (Å²) >= 11 is 0. The maximum Gasteiger partial charge on any atom is 0.416 e. The summed E-state index contributed by atoms with van der Waals surface area (Å²) in [7, 11) is 0. The zero-order chi connectivity index (χ0) is 19.8. The van der Waals surface area contributed by atoms with Crippen LogP contribution in [0.15, 0.2) is 69.9 Å². The van der Waals surface area contributed by atoms with E-state index >= 15 is 0 Å². The summed E-state index contributed by atoms with van der Waals surface area (Å²) in [6.45, 7) is 0. The van der Waals surface area contributed by atoms with Gasteiger partial charge in [0.25, 0.3) is 0 Å². The lowest BCUT2D eigenvalue weighted by molar-refractivity contribution is -0.138. The molecule has 27 heavy (non-hydrogen) atoms. The van der Waals surface area contributed by atoms with Crippen LogP contribution in [-0.2, 0) is 12.4 Å². The van der Waals surface area contributed by atoms with Crippen molar-refractivity contribution < 1.29 is 30.8 Å². The highest BCUT2D eigenvalue weighted by atomic mass is 19.4. The normalized spacial score (nSPS) is 12.2. The Labute approximate surface area is 148 Å². The minimum atomic E-state index is -4.52. The second-order valence-corrected chi connectivity index (χ2v) is 5.65. The van der Waals surface area contributed by atoms with E-state index < -0.39 is 29.1 Å². The van der Waals surface area contributed by atoms with Crippen molar-refractivity contribution in [3.8, 4) is 22.5 Å². The van der Waals surface area contributed by atoms with Crippen LogP contribution in [0.5, 0.6) is 0 Å². The van der Waals surface area contributed by atoms with Gasteiger partial charge in [-0.1, -0.05) is 24.3 Å². The van der Waals surface area contributed by atoms with E-state index in [1.54, 1.807) is 0 Å². The van der Waals surface area contributed by atoms with Gasteiger partial charge in [0.15, 0.2) is 0 Å². The third-order valence-corrected chi connectivity index (χ3v) is 3.83. The van der Waals surface area contributed by atoms with Gasteiger partial charge in [-0.25, -0.2) is 4.79 Å². The van der Waals surface area contributed by atoms with Crippen molar-refractivity contribution in [3.05, 3.63) is 82.2 Å². The molecule has 2 nitrogen and oxygen atoms in total. The minimum Gasteiger partial charge on any atom is -0.422 e. The zero-order valence-corrected chi connectivity index (χ0v) is 13.4. The molecule has 3 rings (SSSR count). The van der Waals surface area contributed by atoms with Crippen molar-refractivity contribution in [1.29, 1.82) is 0 Å². The van der Waals surface area contributed by atoms with Crippen molar-refractivity contribution in [2.24, 2.45) is 0 Å². The van der Waals surface area contributed by atoms with Gasteiger partial charge in [0.2, 0.25) is 0 Å². The Hall–Kier alpha value is -3.03. The molecule has 8 heteroatoms. The van der Waals surface area contributed by atoms with Crippen molar-refractivity contribution in [3.63, 3.8) is 0 Å². The molecule has 0 aliphatic rings. The largest absolute Gasteiger partial charge is 0.422 e. The fraction of sp³-hybridized carbons (Fsp3) is 0.105. The van der Waals surface area contributed by atoms with Gasteiger partial charge in [0.1, 0.15) is 5.76 Å². The first-order valence-corrected chi connectivity index (χ1v) is 7.55. The van der Waals surface area contributed by atoms with E-state index in [1.807, 2.05) is 0 Å². The summed E-state index contributed by atoms with van der Waals surface area (Å²) in [5.74, 6) is -0.0315. The van der Waals surface area contributed by atoms with Crippen molar-refractivity contribution in [2.75, 3.05) is 0 Å². The average Bonchev–Trinajstić information content (AvgIpc) is 2.60. The predicted octanol–water partition coefficient (Wildman–Crippen LogP) is 6.01. The Morgan fingerprint density at radius 3 is 1.48 bits per heavy atom. The molecule has 0 amide bonds. The number of alkyl halides is 6. The summed E-state index contributed by atoms with van der Waals surface area (Å²) in [4.78, 5) is 11.6. The summed E-state index contributed by atoms with van der Waals surface area (Å²) in [6, 6.07) is 10.5. The Balaban J connectivity index is 2.07. The van der Waals surface area contributed by atoms with Gasteiger partial charge < -0.3 is 4.42 Å². The molecule has 3 aromatic rings. The van der Waals surface area contributed by atoms with Gasteiger partial charge in [-0.15, -0.1) is 0 Å². The first-order chi connectivity index (χ1) is 12.6. The molecule has 140 valence electrons. The maximum atomic E-state index is 12.7. The SMILES string of the molecule is O=c1ccc(-c2ccc(C(F)(F)F)cc2)c(-c2ccc(C(F)(F)F)cc2)o1. The summed E-state index contributed by atoms with van der Waals surface area (Å²) in [5.41, 5.74) is -1.67. The van der Waals surface area contributed by atoms with E-state index in [4.69, 9.17) is 4.42 Å². The van der Waals surface area contributed by atoms with Crippen LogP contribution in [0.4, 0.5) is 26.3 Å². The Kier molecular flexibility index (Phi) is 4.59. The maximum absolute atomic E-state index is 12.7. The number of halogens is 6. The van der Waals surface area contributed by atoms with Gasteiger partial charge in [-0.05, 0) is 35.9 Å². The molecule has 1 heterocycles. The lowest BCUT2D eigenvalue weighted by Crippen LogP contribution is -2.05. The number of rotatable bonds is 2. The molecule has 2 aromatic carbocycles. The standard InChI is InChI=1S/C19H10F6O2/c20-18(21,22)13-5-1-11(2-6-13)15-9-10-16(26)27-17(15)12-3-7-14(8-4-12)19(23,24)25/h1-10H. The van der Waals surface area contributed by atoms with Gasteiger partial charge in [-0.3, -0.25) is 0 Å². The second kappa shape index (κ2) is 6.61. The smallest absolute Gasteiger partial charge is 0.416 e. The Morgan fingerprint density at radius 2 is 1.04 bits per heavy atom. The van der Waals surface area contributed by atoms with Crippen LogP contribution in [0.2, 0.25) is 0 Å². The molecule has 0 fully saturated rings. The molecular weight excluding hydrogens is 374 g/mol. The lowest BCUT2D eigenvalue weighted by atomic mass is 9.99. The van der Waals surface area contributed by atoms with E-state index in [2.05, 4.69) is 0 Å². The van der Waals surface area contributed by atoms with Crippen LogP contribution >= 0.6 is 0 Å². The third kappa shape index (κ3) is 4.05. The molecule has 0 unspecified atom stereocenters. The van der Waals surface area contributed by atoms with Gasteiger partial charge in [-0.2, -0.15) is 26.3 Å². The molecule has 0 bridgehead atoms. The van der Waals surface area contributed by atoms with Crippen LogP contribution in [0, 0.1) is 0 Å². The highest BCUT2D eigenvalue weighted by molar-refractivity contribution is 5.79. The quantitative estimate of drug-likeness (QED) is 0.507. The van der Waals surface area contributed by atoms with Crippen LogP contribution in [0.3, 0.4) is 0 Å². The first kappa shape index (κ1) is 18.8. The van der Waals surface area contributed by atoms with Crippen molar-refractivity contribution >= 4 is 0 Å². The topological polar surface area (TPSA) is 30.2 Å². The van der Waals surface area contributed by atoms with Crippen molar-refractivity contribution in [1.82, 2.24) is 0 Å². The third-order valence-electron chi connectivity index (χ3n) is 3.83. The lowest BCUT2D eigenvalue weighted by Gasteiger charge is -2.11. The van der Waals surface area contributed by atoms with E-state index in [-0.39, 0.29) is 16.9 Å². The predicted molar refractivity (Wildman–Crippen MR) is 85.9 cm³/mol. The number of hydrogen-bond donors (Lipinski definition) is 0. The second-order valence-electron chi connectivity index (χ2n) is 5.65. The van der Waals surface area contributed by atoms with E-state index in [9.17, 15) is 31.1 Å². The Bertz CT molecular complexity index is 997. The van der Waals surface area contributed by atoms with Crippen LogP contribution in [0.1, 0.15) is 11.1 Å². The summed E-state index contributed by atoms with van der Waals surface area (Å²) in [6.07, 6.45) is -9.02. The summed E-state index contributed by atoms with van der Waals surface area (Å²) < 4.78 is 81.3. The molecule has 0 atom stereocenters. The highest BCUT2D eigenvalue weighted by Crippen LogP contribution is 2.36. The fourth-order valence-electron chi connectivity index (χ4n) is 2.51. The molecule has 0 radical (unpaired) electrons. The average molecular weight is 384 g/mol. The molecular formula is C19H10F6O2. The van der Waals surface area contributed by atoms with Gasteiger partial charge in [0, 0.05) is 17.2 Å². The molecule has 0 N–H and O–H groups in total. The minimum absolute atomic E-state index is 0.0315. The van der Waals surface area contributed by atoms with Crippen LogP contribution in [0.25, 0.3) is 22.5 Å². The number of hydrogen-bond acceptors (Lipinski definition) is 2. The molecule has 0 saturated heterocycles.